The van der Waals surface area contributed by atoms with Crippen molar-refractivity contribution in [3.63, 3.8) is 0 Å². The molecule has 0 bridgehead atoms. The summed E-state index contributed by atoms with van der Waals surface area (Å²) in [6, 6.07) is 18.9. The molecule has 6 rings (SSSR count). The molecule has 0 unspecified atom stereocenters. The second-order valence-electron chi connectivity index (χ2n) is 11.3. The van der Waals surface area contributed by atoms with Crippen LogP contribution in [0.3, 0.4) is 0 Å². The fraction of sp³-hybridized carbons (Fsp3) is 0.312. The highest BCUT2D eigenvalue weighted by molar-refractivity contribution is 6.43. The second kappa shape index (κ2) is 11.8. The third-order valence-electron chi connectivity index (χ3n) is 8.73. The predicted molar refractivity (Wildman–Crippen MR) is 159 cm³/mol. The van der Waals surface area contributed by atoms with E-state index in [1.807, 2.05) is 43.3 Å². The number of hydrogen-bond acceptors (Lipinski definition) is 8. The van der Waals surface area contributed by atoms with E-state index in [4.69, 9.17) is 9.07 Å². The van der Waals surface area contributed by atoms with Gasteiger partial charge in [-0.25, -0.2) is 4.90 Å². The van der Waals surface area contributed by atoms with Crippen LogP contribution in [0.5, 0.6) is 0 Å². The molecule has 3 aromatic rings. The number of furan rings is 1. The highest BCUT2D eigenvalue weighted by Gasteiger charge is 2.57. The summed E-state index contributed by atoms with van der Waals surface area (Å²) in [4.78, 5) is 39.3. The van der Waals surface area contributed by atoms with Gasteiger partial charge in [0.1, 0.15) is 18.1 Å². The van der Waals surface area contributed by atoms with Crippen LogP contribution in [-0.4, -0.2) is 40.1 Å². The van der Waals surface area contributed by atoms with Crippen LogP contribution in [0, 0.1) is 27.9 Å². The van der Waals surface area contributed by atoms with Gasteiger partial charge in [-0.1, -0.05) is 42.0 Å². The standard InChI is InChI=1S/C32H31BN2O8/c1-19-14-26-30(32(38)34(31(26)37)22-8-5-9-23(16-22)35(40)41)27-17-33(39)43-28(29(19)27)13-10-21(20-6-3-2-4-7-20)15-24-11-12-25(18-36)42-24/h2-9,11-12,15-16,26-28,30,36,39H,10,13-14,17-18H2,1H3/b21-15-/t26-,27+,28-,30-/m1/s1. The number of non-ortho nitro benzene ring substituents is 1. The van der Waals surface area contributed by atoms with E-state index in [0.717, 1.165) is 27.2 Å². The number of benzene rings is 2. The molecule has 10 nitrogen and oxygen atoms in total. The third kappa shape index (κ3) is 5.47. The van der Waals surface area contributed by atoms with Crippen LogP contribution < -0.4 is 4.90 Å². The molecular formula is C32H31BN2O8. The number of nitrogens with zero attached hydrogens (tertiary/aromatic N) is 2. The Balaban J connectivity index is 1.28. The quantitative estimate of drug-likeness (QED) is 0.124. The largest absolute Gasteiger partial charge is 0.459 e. The minimum atomic E-state index is -1.11. The first-order valence-electron chi connectivity index (χ1n) is 14.4. The van der Waals surface area contributed by atoms with Gasteiger partial charge >= 0.3 is 7.12 Å². The molecule has 2 aromatic carbocycles. The minimum absolute atomic E-state index is 0.182. The molecule has 2 saturated heterocycles. The zero-order chi connectivity index (χ0) is 30.2. The molecule has 2 fully saturated rings. The molecule has 220 valence electrons. The van der Waals surface area contributed by atoms with Crippen LogP contribution in [0.2, 0.25) is 6.32 Å². The fourth-order valence-electron chi connectivity index (χ4n) is 6.89. The van der Waals surface area contributed by atoms with Crippen LogP contribution in [0.15, 0.2) is 82.3 Å². The molecule has 2 amide bonds. The molecular weight excluding hydrogens is 551 g/mol. The molecule has 3 aliphatic rings. The Morgan fingerprint density at radius 1 is 1.09 bits per heavy atom. The number of fused-ring (bicyclic) bond motifs is 3. The lowest BCUT2D eigenvalue weighted by Crippen LogP contribution is -2.46. The van der Waals surface area contributed by atoms with Crippen molar-refractivity contribution in [3.8, 4) is 0 Å². The summed E-state index contributed by atoms with van der Waals surface area (Å²) in [6.45, 7) is 1.76. The van der Waals surface area contributed by atoms with Gasteiger partial charge < -0.3 is 19.2 Å². The van der Waals surface area contributed by atoms with E-state index in [0.29, 0.717) is 30.8 Å². The smallest absolute Gasteiger partial charge is 0.455 e. The van der Waals surface area contributed by atoms with Gasteiger partial charge in [0, 0.05) is 12.1 Å². The summed E-state index contributed by atoms with van der Waals surface area (Å²) in [5.41, 5.74) is 3.87. The summed E-state index contributed by atoms with van der Waals surface area (Å²) < 4.78 is 11.8. The molecule has 11 heteroatoms. The lowest BCUT2D eigenvalue weighted by Gasteiger charge is -2.42. The number of hydrogen-bond donors (Lipinski definition) is 2. The van der Waals surface area contributed by atoms with Gasteiger partial charge in [0.25, 0.3) is 5.69 Å². The molecule has 0 spiro atoms. The fourth-order valence-corrected chi connectivity index (χ4v) is 6.89. The first kappa shape index (κ1) is 28.8. The molecule has 1 aromatic heterocycles. The lowest BCUT2D eigenvalue weighted by atomic mass is 9.58. The van der Waals surface area contributed by atoms with E-state index in [1.165, 1.54) is 24.3 Å². The Hall–Kier alpha value is -4.32. The number of rotatable bonds is 8. The topological polar surface area (TPSA) is 143 Å². The molecule has 2 N–H and O–H groups in total. The maximum Gasteiger partial charge on any atom is 0.455 e. The predicted octanol–water partition coefficient (Wildman–Crippen LogP) is 5.02. The number of aliphatic hydroxyl groups excluding tert-OH is 1. The Bertz CT molecular complexity index is 1630. The van der Waals surface area contributed by atoms with Crippen molar-refractivity contribution >= 4 is 42.0 Å². The van der Waals surface area contributed by atoms with Gasteiger partial charge in [-0.15, -0.1) is 0 Å². The van der Waals surface area contributed by atoms with Crippen molar-refractivity contribution in [3.05, 3.63) is 105 Å². The molecule has 2 aliphatic heterocycles. The van der Waals surface area contributed by atoms with Crippen LogP contribution in [0.25, 0.3) is 11.6 Å². The highest BCUT2D eigenvalue weighted by Crippen LogP contribution is 2.51. The summed E-state index contributed by atoms with van der Waals surface area (Å²) in [5.74, 6) is -1.39. The molecule has 3 heterocycles. The Kier molecular flexibility index (Phi) is 7.87. The molecule has 1 aliphatic carbocycles. The maximum absolute atomic E-state index is 13.8. The van der Waals surface area contributed by atoms with Gasteiger partial charge in [-0.2, -0.15) is 0 Å². The number of nitro benzene ring substituents is 1. The zero-order valence-corrected chi connectivity index (χ0v) is 23.6. The number of imide groups is 1. The number of anilines is 1. The first-order valence-corrected chi connectivity index (χ1v) is 14.4. The number of aliphatic hydroxyl groups is 1. The van der Waals surface area contributed by atoms with Gasteiger partial charge in [0.15, 0.2) is 0 Å². The SMILES string of the molecule is CC1=C2[C@@H](CC/C(=C/c3ccc(CO)o3)c3ccccc3)OB(O)C[C@@H]2[C@@H]2C(=O)N(c3cccc([N+](=O)[O-])c3)C(=O)[C@@H]2C1. The third-order valence-corrected chi connectivity index (χ3v) is 8.73. The van der Waals surface area contributed by atoms with Crippen LogP contribution >= 0.6 is 0 Å². The van der Waals surface area contributed by atoms with E-state index < -0.39 is 41.8 Å². The Morgan fingerprint density at radius 2 is 1.88 bits per heavy atom. The molecule has 0 radical (unpaired) electrons. The lowest BCUT2D eigenvalue weighted by molar-refractivity contribution is -0.384. The van der Waals surface area contributed by atoms with E-state index in [2.05, 4.69) is 0 Å². The van der Waals surface area contributed by atoms with Crippen molar-refractivity contribution in [2.75, 3.05) is 4.90 Å². The average Bonchev–Trinajstić information content (AvgIpc) is 3.56. The highest BCUT2D eigenvalue weighted by atomic mass is 16.6. The minimum Gasteiger partial charge on any atom is -0.459 e. The maximum atomic E-state index is 13.8. The van der Waals surface area contributed by atoms with Gasteiger partial charge in [0.05, 0.1) is 28.6 Å². The normalized spacial score (nSPS) is 23.9. The molecule has 0 saturated carbocycles. The number of amides is 2. The van der Waals surface area contributed by atoms with E-state index in [1.54, 1.807) is 12.1 Å². The van der Waals surface area contributed by atoms with Gasteiger partial charge in [0.2, 0.25) is 11.8 Å². The van der Waals surface area contributed by atoms with Crippen LogP contribution in [0.1, 0.15) is 43.3 Å². The van der Waals surface area contributed by atoms with Crippen molar-refractivity contribution in [2.45, 2.75) is 45.2 Å². The van der Waals surface area contributed by atoms with Crippen LogP contribution in [-0.2, 0) is 20.9 Å². The number of allylic oxidation sites excluding steroid dienone is 2. The monoisotopic (exact) mass is 582 g/mol. The number of nitro groups is 1. The van der Waals surface area contributed by atoms with E-state index >= 15 is 0 Å². The Labute approximate surface area is 248 Å². The first-order chi connectivity index (χ1) is 20.7. The van der Waals surface area contributed by atoms with Gasteiger partial charge in [-0.3, -0.25) is 19.7 Å². The summed E-state index contributed by atoms with van der Waals surface area (Å²) in [6.07, 6.45) is 3.11. The number of carbonyl (C=O) groups excluding carboxylic acids is 2. The second-order valence-corrected chi connectivity index (χ2v) is 11.3. The summed E-state index contributed by atoms with van der Waals surface area (Å²) >= 11 is 0. The zero-order valence-electron chi connectivity index (χ0n) is 23.6. The number of carbonyl (C=O) groups is 2. The summed E-state index contributed by atoms with van der Waals surface area (Å²) in [7, 11) is -1.11. The molecule has 4 atom stereocenters. The van der Waals surface area contributed by atoms with Crippen molar-refractivity contribution < 1.29 is 33.7 Å². The van der Waals surface area contributed by atoms with Crippen molar-refractivity contribution in [2.24, 2.45) is 17.8 Å². The van der Waals surface area contributed by atoms with Crippen molar-refractivity contribution in [1.29, 1.82) is 0 Å². The summed E-state index contributed by atoms with van der Waals surface area (Å²) in [5, 5.41) is 31.6. The molecule has 43 heavy (non-hydrogen) atoms. The van der Waals surface area contributed by atoms with Crippen LogP contribution in [0.4, 0.5) is 11.4 Å². The Morgan fingerprint density at radius 3 is 2.60 bits per heavy atom. The van der Waals surface area contributed by atoms with E-state index in [-0.39, 0.29) is 30.2 Å². The van der Waals surface area contributed by atoms with Crippen molar-refractivity contribution in [1.82, 2.24) is 0 Å². The average molecular weight is 582 g/mol. The van der Waals surface area contributed by atoms with Gasteiger partial charge in [-0.05, 0) is 79.4 Å². The van der Waals surface area contributed by atoms with E-state index in [9.17, 15) is 29.8 Å².